The molecule has 28 heavy (non-hydrogen) atoms. The van der Waals surface area contributed by atoms with Crippen molar-refractivity contribution < 1.29 is 0 Å². The molecule has 0 radical (unpaired) electrons. The molecule has 4 rings (SSSR count). The zero-order valence-electron chi connectivity index (χ0n) is 16.4. The molecule has 0 aliphatic heterocycles. The number of benzene rings is 3. The van der Waals surface area contributed by atoms with Crippen molar-refractivity contribution in [2.45, 2.75) is 19.6 Å². The van der Waals surface area contributed by atoms with E-state index in [2.05, 4.69) is 90.3 Å². The van der Waals surface area contributed by atoms with E-state index in [1.54, 1.807) is 0 Å². The number of fused-ring (bicyclic) bond motifs is 1. The Balaban J connectivity index is 2.08. The molecule has 0 amide bonds. The Kier molecular flexibility index (Phi) is 4.82. The van der Waals surface area contributed by atoms with E-state index in [9.17, 15) is 0 Å². The van der Waals surface area contributed by atoms with Crippen molar-refractivity contribution in [3.63, 3.8) is 0 Å². The van der Waals surface area contributed by atoms with Crippen LogP contribution in [0, 0.1) is 0 Å². The molecule has 0 saturated carbocycles. The molecule has 0 bridgehead atoms. The lowest BCUT2D eigenvalue weighted by Crippen LogP contribution is -2.27. The average Bonchev–Trinajstić information content (AvgIpc) is 3.13. The van der Waals surface area contributed by atoms with Crippen LogP contribution in [0.15, 0.2) is 90.7 Å². The largest absolute Gasteiger partial charge is 0.214 e. The fourth-order valence-corrected chi connectivity index (χ4v) is 4.53. The molecule has 0 aliphatic rings. The van der Waals surface area contributed by atoms with Gasteiger partial charge in [-0.15, -0.1) is 5.10 Å². The van der Waals surface area contributed by atoms with Gasteiger partial charge in [-0.1, -0.05) is 103 Å². The molecule has 0 spiro atoms. The van der Waals surface area contributed by atoms with Crippen LogP contribution < -0.4 is 0 Å². The summed E-state index contributed by atoms with van der Waals surface area (Å²) < 4.78 is 1.98. The van der Waals surface area contributed by atoms with Gasteiger partial charge in [-0.25, -0.2) is 4.68 Å². The second-order valence-corrected chi connectivity index (χ2v) is 12.8. The summed E-state index contributed by atoms with van der Waals surface area (Å²) in [5, 5.41) is 9.98. The van der Waals surface area contributed by atoms with Crippen LogP contribution in [-0.4, -0.2) is 23.1 Å². The molecule has 0 saturated heterocycles. The van der Waals surface area contributed by atoms with Crippen LogP contribution in [0.25, 0.3) is 21.9 Å². The molecule has 1 heterocycles. The minimum Gasteiger partial charge on any atom is -0.214 e. The van der Waals surface area contributed by atoms with Gasteiger partial charge in [0.2, 0.25) is 0 Å². The quantitative estimate of drug-likeness (QED) is 0.326. The summed E-state index contributed by atoms with van der Waals surface area (Å²) >= 11 is 0. The van der Waals surface area contributed by atoms with E-state index < -0.39 is 8.07 Å². The number of rotatable bonds is 4. The number of para-hydroxylation sites is 1. The highest BCUT2D eigenvalue weighted by molar-refractivity contribution is 6.92. The van der Waals surface area contributed by atoms with E-state index in [0.29, 0.717) is 0 Å². The maximum Gasteiger partial charge on any atom is 0.113 e. The second kappa shape index (κ2) is 7.43. The van der Waals surface area contributed by atoms with Gasteiger partial charge in [0.25, 0.3) is 0 Å². The molecule has 4 aromatic rings. The summed E-state index contributed by atoms with van der Waals surface area (Å²) in [6.07, 6.45) is 0. The van der Waals surface area contributed by atoms with Gasteiger partial charge in [0, 0.05) is 5.57 Å². The highest BCUT2D eigenvalue weighted by atomic mass is 28.3. The van der Waals surface area contributed by atoms with Crippen LogP contribution in [0.4, 0.5) is 0 Å². The number of nitrogens with zero attached hydrogens (tertiary/aromatic N) is 3. The van der Waals surface area contributed by atoms with E-state index in [4.69, 9.17) is 0 Å². The first-order valence-corrected chi connectivity index (χ1v) is 13.0. The molecule has 0 aliphatic carbocycles. The first kappa shape index (κ1) is 18.2. The van der Waals surface area contributed by atoms with Crippen molar-refractivity contribution in [3.05, 3.63) is 102 Å². The zero-order valence-corrected chi connectivity index (χ0v) is 17.4. The smallest absolute Gasteiger partial charge is 0.113 e. The molecule has 0 unspecified atom stereocenters. The topological polar surface area (TPSA) is 30.7 Å². The number of aromatic nitrogens is 3. The Morgan fingerprint density at radius 2 is 1.29 bits per heavy atom. The highest BCUT2D eigenvalue weighted by Crippen LogP contribution is 2.27. The lowest BCUT2D eigenvalue weighted by molar-refractivity contribution is 0.850. The molecular formula is C24H23N3Si. The third kappa shape index (κ3) is 3.61. The Hall–Kier alpha value is -3.20. The minimum absolute atomic E-state index is 0.904. The lowest BCUT2D eigenvalue weighted by Gasteiger charge is -2.19. The van der Waals surface area contributed by atoms with Gasteiger partial charge in [0.15, 0.2) is 0 Å². The number of hydrogen-bond acceptors (Lipinski definition) is 2. The summed E-state index contributed by atoms with van der Waals surface area (Å²) in [5.74, 6) is 0. The first-order valence-electron chi connectivity index (χ1n) is 9.47. The van der Waals surface area contributed by atoms with Gasteiger partial charge < -0.3 is 0 Å². The summed E-state index contributed by atoms with van der Waals surface area (Å²) in [6, 6.07) is 29.0. The average molecular weight is 382 g/mol. The Morgan fingerprint density at radius 3 is 1.86 bits per heavy atom. The van der Waals surface area contributed by atoms with Crippen LogP contribution in [0.3, 0.4) is 0 Å². The van der Waals surface area contributed by atoms with E-state index in [1.165, 1.54) is 0 Å². The minimum atomic E-state index is -1.79. The predicted molar refractivity (Wildman–Crippen MR) is 119 cm³/mol. The molecule has 0 fully saturated rings. The van der Waals surface area contributed by atoms with Crippen molar-refractivity contribution in [1.29, 1.82) is 0 Å². The van der Waals surface area contributed by atoms with Gasteiger partial charge >= 0.3 is 0 Å². The van der Waals surface area contributed by atoms with Crippen LogP contribution in [-0.2, 0) is 0 Å². The third-order valence-corrected chi connectivity index (χ3v) is 6.40. The molecule has 0 atom stereocenters. The number of hydrogen-bond donors (Lipinski definition) is 0. The van der Waals surface area contributed by atoms with Gasteiger partial charge in [0.05, 0.1) is 10.8 Å². The van der Waals surface area contributed by atoms with E-state index in [-0.39, 0.29) is 0 Å². The SMILES string of the molecule is C[Si](C)(C)C(=C=C(c1ccccc1)c1ccccc1)n1nnc2ccccc21. The fourth-order valence-electron chi connectivity index (χ4n) is 3.23. The normalized spacial score (nSPS) is 11.2. The van der Waals surface area contributed by atoms with E-state index in [0.717, 1.165) is 33.1 Å². The third-order valence-electron chi connectivity index (χ3n) is 4.64. The van der Waals surface area contributed by atoms with Gasteiger partial charge in [-0.3, -0.25) is 0 Å². The van der Waals surface area contributed by atoms with Crippen molar-refractivity contribution in [2.24, 2.45) is 0 Å². The molecule has 1 aromatic heterocycles. The van der Waals surface area contributed by atoms with Crippen LogP contribution in [0.2, 0.25) is 19.6 Å². The van der Waals surface area contributed by atoms with Crippen LogP contribution >= 0.6 is 0 Å². The standard InChI is InChI=1S/C24H23N3Si/c1-28(2,3)24(27-23-17-11-10-16-22(23)25-26-27)18-21(19-12-6-4-7-13-19)20-14-8-5-9-15-20/h4-17H,1-3H3. The Labute approximate surface area is 166 Å². The molecule has 3 aromatic carbocycles. The molecule has 138 valence electrons. The summed E-state index contributed by atoms with van der Waals surface area (Å²) in [4.78, 5) is 0. The van der Waals surface area contributed by atoms with E-state index in [1.807, 2.05) is 35.0 Å². The molecular weight excluding hydrogens is 358 g/mol. The Morgan fingerprint density at radius 1 is 0.750 bits per heavy atom. The fraction of sp³-hybridized carbons (Fsp3) is 0.125. The maximum absolute atomic E-state index is 4.49. The molecule has 4 heteroatoms. The molecule has 0 N–H and O–H groups in total. The molecule has 3 nitrogen and oxygen atoms in total. The second-order valence-electron chi connectivity index (χ2n) is 7.82. The summed E-state index contributed by atoms with van der Waals surface area (Å²) in [6.45, 7) is 6.96. The summed E-state index contributed by atoms with van der Waals surface area (Å²) in [5.41, 5.74) is 9.08. The van der Waals surface area contributed by atoms with Gasteiger partial charge in [0.1, 0.15) is 13.6 Å². The monoisotopic (exact) mass is 381 g/mol. The van der Waals surface area contributed by atoms with Crippen molar-refractivity contribution in [1.82, 2.24) is 15.0 Å². The van der Waals surface area contributed by atoms with Crippen LogP contribution in [0.5, 0.6) is 0 Å². The lowest BCUT2D eigenvalue weighted by atomic mass is 9.99. The maximum atomic E-state index is 4.49. The van der Waals surface area contributed by atoms with Gasteiger partial charge in [-0.2, -0.15) is 0 Å². The Bertz CT molecular complexity index is 1120. The zero-order chi connectivity index (χ0) is 19.6. The van der Waals surface area contributed by atoms with Crippen molar-refractivity contribution in [3.8, 4) is 0 Å². The van der Waals surface area contributed by atoms with E-state index >= 15 is 0 Å². The highest BCUT2D eigenvalue weighted by Gasteiger charge is 2.24. The van der Waals surface area contributed by atoms with Gasteiger partial charge in [-0.05, 0) is 23.3 Å². The first-order chi connectivity index (χ1) is 13.5. The van der Waals surface area contributed by atoms with Crippen molar-refractivity contribution in [2.75, 3.05) is 0 Å². The predicted octanol–water partition coefficient (Wildman–Crippen LogP) is 5.88. The van der Waals surface area contributed by atoms with Crippen molar-refractivity contribution >= 4 is 30.0 Å². The van der Waals surface area contributed by atoms with Crippen LogP contribution in [0.1, 0.15) is 11.1 Å². The summed E-state index contributed by atoms with van der Waals surface area (Å²) in [7, 11) is -1.79.